The van der Waals surface area contributed by atoms with Gasteiger partial charge >= 0.3 is 0 Å². The van der Waals surface area contributed by atoms with Crippen LogP contribution in [-0.4, -0.2) is 0 Å². The molecule has 1 N–H and O–H groups in total. The zero-order valence-corrected chi connectivity index (χ0v) is 8.46. The Labute approximate surface area is 89.4 Å². The van der Waals surface area contributed by atoms with Crippen molar-refractivity contribution in [1.29, 1.82) is 0 Å². The van der Waals surface area contributed by atoms with Gasteiger partial charge in [0.25, 0.3) is 0 Å². The lowest BCUT2D eigenvalue weighted by atomic mass is 10.2. The molecule has 1 aromatic heterocycles. The van der Waals surface area contributed by atoms with Gasteiger partial charge in [0.2, 0.25) is 0 Å². The average molecular weight is 210 g/mol. The molecule has 0 fully saturated rings. The number of halogens is 1. The third kappa shape index (κ3) is 2.82. The first-order valence-corrected chi connectivity index (χ1v) is 4.26. The Morgan fingerprint density at radius 1 is 1.00 bits per heavy atom. The summed E-state index contributed by atoms with van der Waals surface area (Å²) in [5.41, 5.74) is 1.25. The first kappa shape index (κ1) is 10.7. The van der Waals surface area contributed by atoms with E-state index in [0.29, 0.717) is 0 Å². The van der Waals surface area contributed by atoms with Crippen LogP contribution in [0.25, 0.3) is 0 Å². The van der Waals surface area contributed by atoms with Gasteiger partial charge in [-0.3, -0.25) is 0 Å². The zero-order valence-electron chi connectivity index (χ0n) is 7.64. The summed E-state index contributed by atoms with van der Waals surface area (Å²) in [7, 11) is 0. The molecule has 0 radical (unpaired) electrons. The predicted molar refractivity (Wildman–Crippen MR) is 59.7 cm³/mol. The molecule has 14 heavy (non-hydrogen) atoms. The van der Waals surface area contributed by atoms with Crippen molar-refractivity contribution >= 4 is 18.3 Å². The fourth-order valence-electron chi connectivity index (χ4n) is 1.16. The Morgan fingerprint density at radius 3 is 2.43 bits per heavy atom. The highest BCUT2D eigenvalue weighted by atomic mass is 35.5. The van der Waals surface area contributed by atoms with E-state index >= 15 is 0 Å². The lowest BCUT2D eigenvalue weighted by Gasteiger charge is -2.01. The predicted octanol–water partition coefficient (Wildman–Crippen LogP) is 3.31. The highest BCUT2D eigenvalue weighted by molar-refractivity contribution is 5.85. The Balaban J connectivity index is 0.000000980. The summed E-state index contributed by atoms with van der Waals surface area (Å²) in [6.07, 6.45) is 1.66. The second kappa shape index (κ2) is 5.35. The van der Waals surface area contributed by atoms with Crippen LogP contribution in [0, 0.1) is 0 Å². The molecule has 0 aliphatic carbocycles. The molecule has 1 aromatic carbocycles. The maximum atomic E-state index is 5.14. The number of nitrogens with one attached hydrogen (secondary N) is 1. The van der Waals surface area contributed by atoms with E-state index in [1.165, 1.54) is 5.56 Å². The molecule has 74 valence electrons. The van der Waals surface area contributed by atoms with Crippen molar-refractivity contribution in [3.05, 3.63) is 54.3 Å². The van der Waals surface area contributed by atoms with E-state index in [4.69, 9.17) is 4.42 Å². The van der Waals surface area contributed by atoms with Crippen molar-refractivity contribution in [1.82, 2.24) is 0 Å². The van der Waals surface area contributed by atoms with Crippen molar-refractivity contribution in [3.63, 3.8) is 0 Å². The minimum Gasteiger partial charge on any atom is -0.449 e. The van der Waals surface area contributed by atoms with Crippen LogP contribution in [0.2, 0.25) is 0 Å². The van der Waals surface area contributed by atoms with Crippen LogP contribution in [0.3, 0.4) is 0 Å². The maximum Gasteiger partial charge on any atom is 0.192 e. The molecule has 0 aliphatic heterocycles. The van der Waals surface area contributed by atoms with Crippen molar-refractivity contribution < 1.29 is 4.42 Å². The minimum absolute atomic E-state index is 0. The Morgan fingerprint density at radius 2 is 1.79 bits per heavy atom. The van der Waals surface area contributed by atoms with Crippen LogP contribution in [0.15, 0.2) is 53.1 Å². The summed E-state index contributed by atoms with van der Waals surface area (Å²) in [6.45, 7) is 0.800. The number of anilines is 1. The van der Waals surface area contributed by atoms with Crippen molar-refractivity contribution in [2.24, 2.45) is 0 Å². The average Bonchev–Trinajstić information content (AvgIpc) is 2.69. The molecule has 3 heteroatoms. The maximum absolute atomic E-state index is 5.14. The summed E-state index contributed by atoms with van der Waals surface area (Å²) < 4.78 is 5.14. The summed E-state index contributed by atoms with van der Waals surface area (Å²) >= 11 is 0. The monoisotopic (exact) mass is 209 g/mol. The van der Waals surface area contributed by atoms with E-state index in [1.54, 1.807) is 6.26 Å². The van der Waals surface area contributed by atoms with Crippen LogP contribution in [-0.2, 0) is 6.54 Å². The van der Waals surface area contributed by atoms with Crippen molar-refractivity contribution in [2.45, 2.75) is 6.54 Å². The fourth-order valence-corrected chi connectivity index (χ4v) is 1.16. The third-order valence-electron chi connectivity index (χ3n) is 1.83. The first-order valence-electron chi connectivity index (χ1n) is 4.26. The molecule has 0 amide bonds. The number of benzene rings is 1. The van der Waals surface area contributed by atoms with Crippen LogP contribution in [0.1, 0.15) is 5.56 Å². The van der Waals surface area contributed by atoms with Gasteiger partial charge in [-0.05, 0) is 11.6 Å². The zero-order chi connectivity index (χ0) is 8.93. The summed E-state index contributed by atoms with van der Waals surface area (Å²) in [5, 5.41) is 3.17. The van der Waals surface area contributed by atoms with Gasteiger partial charge in [-0.2, -0.15) is 0 Å². The van der Waals surface area contributed by atoms with Crippen molar-refractivity contribution in [3.8, 4) is 0 Å². The number of furan rings is 1. The van der Waals surface area contributed by atoms with E-state index in [1.807, 2.05) is 30.3 Å². The molecule has 0 bridgehead atoms. The summed E-state index contributed by atoms with van der Waals surface area (Å²) in [6, 6.07) is 14.0. The molecule has 0 unspecified atom stereocenters. The molecule has 2 rings (SSSR count). The second-order valence-corrected chi connectivity index (χ2v) is 2.82. The van der Waals surface area contributed by atoms with Gasteiger partial charge in [0, 0.05) is 12.6 Å². The summed E-state index contributed by atoms with van der Waals surface area (Å²) in [5.74, 6) is 0.809. The second-order valence-electron chi connectivity index (χ2n) is 2.82. The molecule has 0 saturated carbocycles. The van der Waals surface area contributed by atoms with Crippen LogP contribution < -0.4 is 5.32 Å². The highest BCUT2D eigenvalue weighted by Crippen LogP contribution is 2.08. The molecular weight excluding hydrogens is 198 g/mol. The quantitative estimate of drug-likeness (QED) is 0.839. The van der Waals surface area contributed by atoms with Crippen LogP contribution in [0.5, 0.6) is 0 Å². The molecule has 0 spiro atoms. The van der Waals surface area contributed by atoms with E-state index in [2.05, 4.69) is 17.4 Å². The summed E-state index contributed by atoms with van der Waals surface area (Å²) in [4.78, 5) is 0. The van der Waals surface area contributed by atoms with Gasteiger partial charge in [0.1, 0.15) is 0 Å². The van der Waals surface area contributed by atoms with Gasteiger partial charge in [-0.25, -0.2) is 0 Å². The molecule has 0 aliphatic rings. The highest BCUT2D eigenvalue weighted by Gasteiger charge is 1.93. The normalized spacial score (nSPS) is 9.14. The molecule has 2 aromatic rings. The smallest absolute Gasteiger partial charge is 0.192 e. The molecular formula is C11H12ClNO. The fraction of sp³-hybridized carbons (Fsp3) is 0.0909. The number of rotatable bonds is 3. The largest absolute Gasteiger partial charge is 0.449 e. The van der Waals surface area contributed by atoms with Gasteiger partial charge in [-0.1, -0.05) is 30.3 Å². The van der Waals surface area contributed by atoms with E-state index in [9.17, 15) is 0 Å². The van der Waals surface area contributed by atoms with Crippen molar-refractivity contribution in [2.75, 3.05) is 5.32 Å². The minimum atomic E-state index is 0. The van der Waals surface area contributed by atoms with Gasteiger partial charge in [-0.15, -0.1) is 12.4 Å². The molecule has 2 nitrogen and oxygen atoms in total. The van der Waals surface area contributed by atoms with Gasteiger partial charge in [0.05, 0.1) is 6.26 Å². The topological polar surface area (TPSA) is 25.2 Å². The SMILES string of the molecule is Cl.c1ccc(CNc2ccco2)cc1. The molecule has 0 saturated heterocycles. The first-order chi connectivity index (χ1) is 6.45. The van der Waals surface area contributed by atoms with Crippen LogP contribution >= 0.6 is 12.4 Å². The number of hydrogen-bond acceptors (Lipinski definition) is 2. The Hall–Kier alpha value is -1.41. The van der Waals surface area contributed by atoms with E-state index in [0.717, 1.165) is 12.4 Å². The Bertz CT molecular complexity index is 345. The van der Waals surface area contributed by atoms with Gasteiger partial charge in [0.15, 0.2) is 5.88 Å². The van der Waals surface area contributed by atoms with E-state index in [-0.39, 0.29) is 12.4 Å². The third-order valence-corrected chi connectivity index (χ3v) is 1.83. The Kier molecular flexibility index (Phi) is 4.08. The molecule has 0 atom stereocenters. The lowest BCUT2D eigenvalue weighted by Crippen LogP contribution is -1.97. The number of hydrogen-bond donors (Lipinski definition) is 1. The van der Waals surface area contributed by atoms with E-state index < -0.39 is 0 Å². The lowest BCUT2D eigenvalue weighted by molar-refractivity contribution is 0.579. The molecule has 1 heterocycles. The van der Waals surface area contributed by atoms with Gasteiger partial charge < -0.3 is 9.73 Å². The van der Waals surface area contributed by atoms with Crippen LogP contribution in [0.4, 0.5) is 5.88 Å². The standard InChI is InChI=1S/C11H11NO.ClH/c1-2-5-10(6-3-1)9-12-11-7-4-8-13-11;/h1-8,12H,9H2;1H.